The molecule has 2 unspecified atom stereocenters. The largest absolute Gasteiger partial charge is 0.353 e. The molecule has 4 rings (SSSR count). The minimum Gasteiger partial charge on any atom is -0.353 e. The van der Waals surface area contributed by atoms with E-state index >= 15 is 0 Å². The minimum absolute atomic E-state index is 0.0783. The van der Waals surface area contributed by atoms with Crippen LogP contribution >= 0.6 is 0 Å². The fraction of sp³-hybridized carbons (Fsp3) is 0.923. The van der Waals surface area contributed by atoms with E-state index in [1.54, 1.807) is 0 Å². The third kappa shape index (κ3) is 1.33. The van der Waals surface area contributed by atoms with Crippen molar-refractivity contribution in [3.63, 3.8) is 0 Å². The summed E-state index contributed by atoms with van der Waals surface area (Å²) < 4.78 is 47.7. The molecule has 2 nitrogen and oxygen atoms in total. The molecule has 1 N–H and O–H groups in total. The monoisotopic (exact) mass is 213 g/mol. The minimum atomic E-state index is -2.18. The van der Waals surface area contributed by atoms with Crippen LogP contribution < -0.4 is 5.32 Å². The van der Waals surface area contributed by atoms with Gasteiger partial charge in [0.1, 0.15) is 0 Å². The van der Waals surface area contributed by atoms with E-state index in [2.05, 4.69) is 5.32 Å². The van der Waals surface area contributed by atoms with Crippen LogP contribution in [0.2, 0.25) is 0 Å². The summed E-state index contributed by atoms with van der Waals surface area (Å²) in [4.78, 5) is 11.0. The van der Waals surface area contributed by atoms with Gasteiger partial charge in [0.2, 0.25) is 6.41 Å². The van der Waals surface area contributed by atoms with Crippen molar-refractivity contribution in [3.8, 4) is 0 Å². The van der Waals surface area contributed by atoms with Crippen LogP contribution in [0.15, 0.2) is 0 Å². The van der Waals surface area contributed by atoms with E-state index in [1.807, 2.05) is 0 Å². The highest BCUT2D eigenvalue weighted by Crippen LogP contribution is 2.66. The van der Waals surface area contributed by atoms with Crippen LogP contribution in [0.4, 0.5) is 0 Å². The molecule has 4 saturated carbocycles. The Hall–Kier alpha value is -0.530. The highest BCUT2D eigenvalue weighted by Gasteiger charge is 2.59. The predicted molar refractivity (Wildman–Crippen MR) is 59.3 cm³/mol. The summed E-state index contributed by atoms with van der Waals surface area (Å²) in [6.07, 6.45) is 3.42. The Labute approximate surface area is 100 Å². The summed E-state index contributed by atoms with van der Waals surface area (Å²) in [5.41, 5.74) is -2.57. The lowest BCUT2D eigenvalue weighted by Crippen LogP contribution is -2.63. The lowest BCUT2D eigenvalue weighted by Gasteiger charge is -2.65. The van der Waals surface area contributed by atoms with Crippen LogP contribution in [0.5, 0.6) is 0 Å². The zero-order chi connectivity index (χ0) is 15.7. The Bertz CT molecular complexity index is 440. The van der Waals surface area contributed by atoms with E-state index in [4.69, 9.17) is 8.22 Å². The van der Waals surface area contributed by atoms with Gasteiger partial charge in [0.05, 0.1) is 0 Å². The summed E-state index contributed by atoms with van der Waals surface area (Å²) in [6, 6.07) is 0. The topological polar surface area (TPSA) is 29.1 Å². The Morgan fingerprint density at radius 1 is 1.20 bits per heavy atom. The maximum atomic E-state index is 11.0. The third-order valence-corrected chi connectivity index (χ3v) is 4.43. The summed E-state index contributed by atoms with van der Waals surface area (Å²) >= 11 is 0. The van der Waals surface area contributed by atoms with Crippen molar-refractivity contribution in [1.29, 1.82) is 0 Å². The van der Waals surface area contributed by atoms with Crippen molar-refractivity contribution in [3.05, 3.63) is 0 Å². The number of rotatable bonds is 2. The normalized spacial score (nSPS) is 64.4. The Morgan fingerprint density at radius 3 is 2.40 bits per heavy atom. The van der Waals surface area contributed by atoms with E-state index in [1.165, 1.54) is 0 Å². The first-order valence-electron chi connectivity index (χ1n) is 8.68. The molecule has 0 aliphatic heterocycles. The highest BCUT2D eigenvalue weighted by atomic mass is 16.1. The van der Waals surface area contributed by atoms with Crippen molar-refractivity contribution in [1.82, 2.24) is 5.32 Å². The standard InChI is InChI=1S/C13H21NO/c1-11-3-10-4-12(2,6-11)8-13(5-10,7-11)14-9-15/h9-10H,3-8H2,1-2H3,(H,14,15)/t10?,11-,12+,13?/i1D3,2D3. The SMILES string of the molecule is [2H]C([2H])([2H])[C@@]12CC3CC(NC=O)(C1)C[C@](C([2H])([2H])[2H])(C3)C2. The molecular formula is C13H21NO. The Balaban J connectivity index is 2.10. The number of nitrogens with one attached hydrogen (secondary N) is 1. The average Bonchev–Trinajstić information content (AvgIpc) is 2.23. The maximum Gasteiger partial charge on any atom is 0.207 e. The summed E-state index contributed by atoms with van der Waals surface area (Å²) in [5.74, 6) is 0.0783. The predicted octanol–water partition coefficient (Wildman–Crippen LogP) is 2.48. The summed E-state index contributed by atoms with van der Waals surface area (Å²) in [7, 11) is 0. The lowest BCUT2D eigenvalue weighted by molar-refractivity contribution is -0.131. The van der Waals surface area contributed by atoms with Gasteiger partial charge in [0.15, 0.2) is 0 Å². The molecule has 4 aliphatic rings. The van der Waals surface area contributed by atoms with Gasteiger partial charge in [0, 0.05) is 13.8 Å². The molecule has 0 spiro atoms. The van der Waals surface area contributed by atoms with Crippen LogP contribution in [0.25, 0.3) is 0 Å². The van der Waals surface area contributed by atoms with E-state index in [-0.39, 0.29) is 12.3 Å². The van der Waals surface area contributed by atoms with Crippen molar-refractivity contribution in [2.45, 2.75) is 57.8 Å². The van der Waals surface area contributed by atoms with Gasteiger partial charge in [-0.1, -0.05) is 13.7 Å². The Morgan fingerprint density at radius 2 is 1.87 bits per heavy atom. The van der Waals surface area contributed by atoms with Crippen molar-refractivity contribution >= 4 is 6.41 Å². The number of hydrogen-bond acceptors (Lipinski definition) is 1. The molecule has 0 aromatic rings. The molecule has 15 heavy (non-hydrogen) atoms. The number of amides is 1. The van der Waals surface area contributed by atoms with Gasteiger partial charge in [-0.05, 0) is 55.3 Å². The molecule has 0 radical (unpaired) electrons. The molecule has 0 saturated heterocycles. The van der Waals surface area contributed by atoms with Crippen LogP contribution in [0.3, 0.4) is 0 Å². The van der Waals surface area contributed by atoms with Gasteiger partial charge in [-0.25, -0.2) is 0 Å². The first-order valence-corrected chi connectivity index (χ1v) is 5.68. The number of carbonyl (C=O) groups is 1. The van der Waals surface area contributed by atoms with Gasteiger partial charge in [-0.3, -0.25) is 4.79 Å². The average molecular weight is 213 g/mol. The van der Waals surface area contributed by atoms with Crippen molar-refractivity contribution < 1.29 is 13.0 Å². The lowest BCUT2D eigenvalue weighted by atomic mass is 9.43. The van der Waals surface area contributed by atoms with Gasteiger partial charge in [0.25, 0.3) is 0 Å². The summed E-state index contributed by atoms with van der Waals surface area (Å²) in [5, 5.41) is 2.80. The van der Waals surface area contributed by atoms with Gasteiger partial charge >= 0.3 is 0 Å². The van der Waals surface area contributed by atoms with Crippen LogP contribution in [0, 0.1) is 16.7 Å². The second kappa shape index (κ2) is 2.58. The Kier molecular flexibility index (Phi) is 0.896. The van der Waals surface area contributed by atoms with Crippen LogP contribution in [0.1, 0.15) is 60.5 Å². The fourth-order valence-electron chi connectivity index (χ4n) is 4.72. The molecule has 84 valence electrons. The molecule has 0 heterocycles. The van der Waals surface area contributed by atoms with Crippen LogP contribution in [-0.2, 0) is 4.79 Å². The molecule has 4 bridgehead atoms. The molecular weight excluding hydrogens is 186 g/mol. The smallest absolute Gasteiger partial charge is 0.207 e. The second-order valence-electron chi connectivity index (χ2n) is 6.11. The van der Waals surface area contributed by atoms with E-state index in [0.29, 0.717) is 38.5 Å². The van der Waals surface area contributed by atoms with Crippen molar-refractivity contribution in [2.75, 3.05) is 0 Å². The van der Waals surface area contributed by atoms with E-state index < -0.39 is 30.1 Å². The molecule has 4 aliphatic carbocycles. The van der Waals surface area contributed by atoms with Gasteiger partial charge < -0.3 is 5.32 Å². The molecule has 4 atom stereocenters. The zero-order valence-electron chi connectivity index (χ0n) is 14.8. The quantitative estimate of drug-likeness (QED) is 0.702. The third-order valence-electron chi connectivity index (χ3n) is 4.43. The summed E-state index contributed by atoms with van der Waals surface area (Å²) in [6.45, 7) is -4.36. The first-order chi connectivity index (χ1) is 9.47. The van der Waals surface area contributed by atoms with Crippen molar-refractivity contribution in [2.24, 2.45) is 16.7 Å². The molecule has 4 fully saturated rings. The molecule has 2 heteroatoms. The molecule has 0 aromatic heterocycles. The second-order valence-corrected chi connectivity index (χ2v) is 6.11. The number of hydrogen-bond donors (Lipinski definition) is 1. The van der Waals surface area contributed by atoms with E-state index in [0.717, 1.165) is 0 Å². The van der Waals surface area contributed by atoms with E-state index in [9.17, 15) is 4.79 Å². The fourth-order valence-corrected chi connectivity index (χ4v) is 4.72. The molecule has 0 aromatic carbocycles. The zero-order valence-corrected chi connectivity index (χ0v) is 8.81. The van der Waals surface area contributed by atoms with Crippen LogP contribution in [-0.4, -0.2) is 11.9 Å². The number of carbonyl (C=O) groups excluding carboxylic acids is 1. The molecule has 1 amide bonds. The first kappa shape index (κ1) is 5.20. The van der Waals surface area contributed by atoms with Gasteiger partial charge in [-0.15, -0.1) is 0 Å². The maximum absolute atomic E-state index is 11.0. The van der Waals surface area contributed by atoms with Gasteiger partial charge in [-0.2, -0.15) is 0 Å². The highest BCUT2D eigenvalue weighted by molar-refractivity contribution is 5.48.